The first-order valence-electron chi connectivity index (χ1n) is 4.13. The molecule has 0 saturated heterocycles. The highest BCUT2D eigenvalue weighted by molar-refractivity contribution is 5.95. The van der Waals surface area contributed by atoms with Gasteiger partial charge in [-0.2, -0.15) is 0 Å². The number of rotatable bonds is 2. The predicted molar refractivity (Wildman–Crippen MR) is 47.0 cm³/mol. The summed E-state index contributed by atoms with van der Waals surface area (Å²) in [6, 6.07) is 2.88. The molecule has 74 valence electrons. The minimum absolute atomic E-state index is 0.211. The highest BCUT2D eigenvalue weighted by Crippen LogP contribution is 2.13. The van der Waals surface area contributed by atoms with E-state index in [4.69, 9.17) is 9.15 Å². The molecule has 0 fully saturated rings. The van der Waals surface area contributed by atoms with Gasteiger partial charge in [0.1, 0.15) is 6.61 Å². The van der Waals surface area contributed by atoms with Gasteiger partial charge < -0.3 is 13.9 Å². The van der Waals surface area contributed by atoms with Crippen molar-refractivity contribution in [2.75, 3.05) is 13.7 Å². The summed E-state index contributed by atoms with van der Waals surface area (Å²) < 4.78 is 14.8. The molecule has 1 atom stereocenters. The molecule has 0 amide bonds. The zero-order valence-corrected chi connectivity index (χ0v) is 7.60. The van der Waals surface area contributed by atoms with Gasteiger partial charge in [-0.25, -0.2) is 9.79 Å². The maximum absolute atomic E-state index is 11.1. The second kappa shape index (κ2) is 3.53. The fourth-order valence-electron chi connectivity index (χ4n) is 1.17. The van der Waals surface area contributed by atoms with Gasteiger partial charge in [0.25, 0.3) is 5.90 Å². The molecule has 1 aliphatic rings. The molecule has 0 aliphatic carbocycles. The lowest BCUT2D eigenvalue weighted by Gasteiger charge is -1.99. The number of ether oxygens (including phenoxy) is 2. The molecule has 1 aromatic heterocycles. The standard InChI is InChI=1S/C9H9NO4/c1-12-9(11)6-5-14-8(10-6)7-3-2-4-13-7/h2-4,6H,5H2,1H3. The number of aliphatic imine (C=N–C) groups is 1. The van der Waals surface area contributed by atoms with Gasteiger partial charge in [-0.05, 0) is 12.1 Å². The van der Waals surface area contributed by atoms with Crippen LogP contribution in [-0.4, -0.2) is 31.6 Å². The van der Waals surface area contributed by atoms with Gasteiger partial charge in [0, 0.05) is 0 Å². The van der Waals surface area contributed by atoms with Crippen LogP contribution in [0.4, 0.5) is 0 Å². The Morgan fingerprint density at radius 2 is 2.57 bits per heavy atom. The second-order valence-corrected chi connectivity index (χ2v) is 2.76. The summed E-state index contributed by atoms with van der Waals surface area (Å²) in [6.07, 6.45) is 1.52. The monoisotopic (exact) mass is 195 g/mol. The smallest absolute Gasteiger partial charge is 0.334 e. The molecule has 1 aliphatic heterocycles. The summed E-state index contributed by atoms with van der Waals surface area (Å²) in [5.74, 6) is 0.480. The maximum Gasteiger partial charge on any atom is 0.334 e. The van der Waals surface area contributed by atoms with E-state index in [1.54, 1.807) is 12.1 Å². The zero-order valence-electron chi connectivity index (χ0n) is 7.60. The third kappa shape index (κ3) is 1.48. The van der Waals surface area contributed by atoms with E-state index in [2.05, 4.69) is 9.73 Å². The van der Waals surface area contributed by atoms with Crippen molar-refractivity contribution in [2.24, 2.45) is 4.99 Å². The minimum atomic E-state index is -0.569. The van der Waals surface area contributed by atoms with Crippen LogP contribution in [0.2, 0.25) is 0 Å². The molecule has 2 heterocycles. The van der Waals surface area contributed by atoms with E-state index < -0.39 is 12.0 Å². The Morgan fingerprint density at radius 3 is 3.21 bits per heavy atom. The highest BCUT2D eigenvalue weighted by atomic mass is 16.5. The van der Waals surface area contributed by atoms with Gasteiger partial charge >= 0.3 is 5.97 Å². The van der Waals surface area contributed by atoms with E-state index in [-0.39, 0.29) is 6.61 Å². The molecule has 5 nitrogen and oxygen atoms in total. The van der Waals surface area contributed by atoms with Crippen LogP contribution in [0.1, 0.15) is 5.76 Å². The van der Waals surface area contributed by atoms with E-state index in [9.17, 15) is 4.79 Å². The molecule has 1 aromatic rings. The van der Waals surface area contributed by atoms with Crippen LogP contribution >= 0.6 is 0 Å². The number of furan rings is 1. The van der Waals surface area contributed by atoms with Crippen LogP contribution in [0, 0.1) is 0 Å². The molecule has 0 N–H and O–H groups in total. The van der Waals surface area contributed by atoms with Gasteiger partial charge in [0.2, 0.25) is 0 Å². The number of carbonyl (C=O) groups excluding carboxylic acids is 1. The Labute approximate surface area is 80.3 Å². The van der Waals surface area contributed by atoms with Crippen molar-refractivity contribution in [3.05, 3.63) is 24.2 Å². The molecule has 0 saturated carbocycles. The Kier molecular flexibility index (Phi) is 2.22. The molecule has 0 radical (unpaired) electrons. The van der Waals surface area contributed by atoms with Gasteiger partial charge in [-0.15, -0.1) is 0 Å². The Balaban J connectivity index is 2.14. The Hall–Kier alpha value is -1.78. The summed E-state index contributed by atoms with van der Waals surface area (Å²) in [4.78, 5) is 15.1. The van der Waals surface area contributed by atoms with Crippen molar-refractivity contribution in [3.8, 4) is 0 Å². The number of esters is 1. The summed E-state index contributed by atoms with van der Waals surface area (Å²) in [6.45, 7) is 0.211. The van der Waals surface area contributed by atoms with Gasteiger partial charge in [-0.3, -0.25) is 0 Å². The quantitative estimate of drug-likeness (QED) is 0.648. The summed E-state index contributed by atoms with van der Waals surface area (Å²) in [5, 5.41) is 0. The minimum Gasteiger partial charge on any atom is -0.472 e. The van der Waals surface area contributed by atoms with Crippen LogP contribution in [0.5, 0.6) is 0 Å². The van der Waals surface area contributed by atoms with E-state index in [1.807, 2.05) is 0 Å². The largest absolute Gasteiger partial charge is 0.472 e. The van der Waals surface area contributed by atoms with Crippen LogP contribution in [0.15, 0.2) is 27.8 Å². The van der Waals surface area contributed by atoms with E-state index in [0.29, 0.717) is 11.7 Å². The molecule has 0 bridgehead atoms. The van der Waals surface area contributed by atoms with Gasteiger partial charge in [0.05, 0.1) is 13.4 Å². The van der Waals surface area contributed by atoms with E-state index in [0.717, 1.165) is 0 Å². The van der Waals surface area contributed by atoms with Crippen molar-refractivity contribution >= 4 is 11.9 Å². The van der Waals surface area contributed by atoms with Gasteiger partial charge in [0.15, 0.2) is 11.8 Å². The SMILES string of the molecule is COC(=O)C1COC(c2ccco2)=N1. The fraction of sp³-hybridized carbons (Fsp3) is 0.333. The average Bonchev–Trinajstić information content (AvgIpc) is 2.86. The number of nitrogens with zero attached hydrogens (tertiary/aromatic N) is 1. The normalized spacial score (nSPS) is 20.1. The topological polar surface area (TPSA) is 61.0 Å². The highest BCUT2D eigenvalue weighted by Gasteiger charge is 2.28. The average molecular weight is 195 g/mol. The fourth-order valence-corrected chi connectivity index (χ4v) is 1.17. The number of hydrogen-bond acceptors (Lipinski definition) is 5. The summed E-state index contributed by atoms with van der Waals surface area (Å²) in [5.41, 5.74) is 0. The van der Waals surface area contributed by atoms with E-state index >= 15 is 0 Å². The van der Waals surface area contributed by atoms with Crippen molar-refractivity contribution in [3.63, 3.8) is 0 Å². The first-order valence-corrected chi connectivity index (χ1v) is 4.13. The zero-order chi connectivity index (χ0) is 9.97. The van der Waals surface area contributed by atoms with Crippen molar-refractivity contribution in [1.82, 2.24) is 0 Å². The Morgan fingerprint density at radius 1 is 1.71 bits per heavy atom. The maximum atomic E-state index is 11.1. The molecular formula is C9H9NO4. The van der Waals surface area contributed by atoms with Crippen molar-refractivity contribution < 1.29 is 18.7 Å². The third-order valence-corrected chi connectivity index (χ3v) is 1.86. The number of carbonyl (C=O) groups is 1. The lowest BCUT2D eigenvalue weighted by Crippen LogP contribution is -2.21. The van der Waals surface area contributed by atoms with Crippen LogP contribution in [0.3, 0.4) is 0 Å². The van der Waals surface area contributed by atoms with Crippen molar-refractivity contribution in [2.45, 2.75) is 6.04 Å². The summed E-state index contributed by atoms with van der Waals surface area (Å²) in [7, 11) is 1.32. The first kappa shape index (κ1) is 8.80. The number of methoxy groups -OCH3 is 1. The first-order chi connectivity index (χ1) is 6.81. The molecule has 0 spiro atoms. The third-order valence-electron chi connectivity index (χ3n) is 1.86. The van der Waals surface area contributed by atoms with Crippen LogP contribution in [-0.2, 0) is 14.3 Å². The van der Waals surface area contributed by atoms with Gasteiger partial charge in [-0.1, -0.05) is 0 Å². The molecule has 1 unspecified atom stereocenters. The predicted octanol–water partition coefficient (Wildman–Crippen LogP) is 0.598. The number of hydrogen-bond donors (Lipinski definition) is 0. The van der Waals surface area contributed by atoms with Crippen LogP contribution < -0.4 is 0 Å². The molecule has 14 heavy (non-hydrogen) atoms. The second-order valence-electron chi connectivity index (χ2n) is 2.76. The lowest BCUT2D eigenvalue weighted by atomic mass is 10.3. The lowest BCUT2D eigenvalue weighted by molar-refractivity contribution is -0.142. The van der Waals surface area contributed by atoms with Crippen molar-refractivity contribution in [1.29, 1.82) is 0 Å². The molecule has 2 rings (SSSR count). The van der Waals surface area contributed by atoms with Crippen LogP contribution in [0.25, 0.3) is 0 Å². The Bertz CT molecular complexity index is 355. The summed E-state index contributed by atoms with van der Waals surface area (Å²) >= 11 is 0. The molecule has 0 aromatic carbocycles. The van der Waals surface area contributed by atoms with E-state index in [1.165, 1.54) is 13.4 Å². The molecular weight excluding hydrogens is 186 g/mol. The molecule has 5 heteroatoms.